The van der Waals surface area contributed by atoms with E-state index in [4.69, 9.17) is 5.11 Å². The molecule has 0 radical (unpaired) electrons. The van der Waals surface area contributed by atoms with Gasteiger partial charge in [0.2, 0.25) is 5.91 Å². The van der Waals surface area contributed by atoms with Gasteiger partial charge in [0.05, 0.1) is 12.3 Å². The average Bonchev–Trinajstić information content (AvgIpc) is 2.50. The van der Waals surface area contributed by atoms with Crippen LogP contribution in [0.3, 0.4) is 0 Å². The Balaban J connectivity index is 2.15. The number of rotatable bonds is 5. The lowest BCUT2D eigenvalue weighted by molar-refractivity contribution is -0.138. The second-order valence-corrected chi connectivity index (χ2v) is 5.23. The third kappa shape index (κ3) is 3.60. The van der Waals surface area contributed by atoms with Crippen LogP contribution in [0.4, 0.5) is 0 Å². The van der Waals surface area contributed by atoms with Gasteiger partial charge in [0.15, 0.2) is 0 Å². The lowest BCUT2D eigenvalue weighted by atomic mass is 9.96. The zero-order valence-electron chi connectivity index (χ0n) is 12.2. The highest BCUT2D eigenvalue weighted by molar-refractivity contribution is 5.87. The molecule has 0 heterocycles. The summed E-state index contributed by atoms with van der Waals surface area (Å²) in [4.78, 5) is 24.4. The largest absolute Gasteiger partial charge is 0.481 e. The van der Waals surface area contributed by atoms with Crippen molar-refractivity contribution >= 4 is 22.6 Å². The number of carboxylic acids is 1. The zero-order valence-corrected chi connectivity index (χ0v) is 12.2. The number of nitrogens with zero attached hydrogens (tertiary/aromatic N) is 1. The minimum Gasteiger partial charge on any atom is -0.481 e. The number of carboxylic acid groups (broad SMARTS) is 1. The van der Waals surface area contributed by atoms with Gasteiger partial charge in [-0.25, -0.2) is 0 Å². The average molecular weight is 285 g/mol. The lowest BCUT2D eigenvalue weighted by Gasteiger charge is -2.21. The smallest absolute Gasteiger partial charge is 0.305 e. The third-order valence-electron chi connectivity index (χ3n) is 3.68. The van der Waals surface area contributed by atoms with Crippen molar-refractivity contribution in [2.75, 3.05) is 13.6 Å². The maximum atomic E-state index is 12.3. The van der Waals surface area contributed by atoms with Crippen molar-refractivity contribution in [2.45, 2.75) is 19.3 Å². The summed E-state index contributed by atoms with van der Waals surface area (Å²) in [7, 11) is 1.64. The normalized spacial score (nSPS) is 12.1. The maximum Gasteiger partial charge on any atom is 0.305 e. The number of hydrogen-bond acceptors (Lipinski definition) is 2. The Labute approximate surface area is 124 Å². The summed E-state index contributed by atoms with van der Waals surface area (Å²) in [5.74, 6) is -1.24. The number of aliphatic carboxylic acids is 1. The molecule has 1 N–H and O–H groups in total. The molecular formula is C17H19NO3. The van der Waals surface area contributed by atoms with Gasteiger partial charge in [0.25, 0.3) is 0 Å². The molecule has 110 valence electrons. The van der Waals surface area contributed by atoms with Gasteiger partial charge in [-0.2, -0.15) is 0 Å². The van der Waals surface area contributed by atoms with Crippen LogP contribution in [-0.2, 0) is 9.59 Å². The molecule has 0 aliphatic heterocycles. The predicted molar refractivity (Wildman–Crippen MR) is 82.3 cm³/mol. The minimum atomic E-state index is -0.895. The topological polar surface area (TPSA) is 57.6 Å². The highest BCUT2D eigenvalue weighted by atomic mass is 16.4. The van der Waals surface area contributed by atoms with Crippen LogP contribution in [0.2, 0.25) is 0 Å². The fourth-order valence-electron chi connectivity index (χ4n) is 2.32. The van der Waals surface area contributed by atoms with E-state index in [0.717, 1.165) is 16.3 Å². The number of carbonyl (C=O) groups excluding carboxylic acids is 1. The molecule has 0 aromatic heterocycles. The van der Waals surface area contributed by atoms with Crippen LogP contribution < -0.4 is 0 Å². The van der Waals surface area contributed by atoms with E-state index >= 15 is 0 Å². The fourth-order valence-corrected chi connectivity index (χ4v) is 2.32. The Kier molecular flexibility index (Phi) is 4.58. The molecule has 2 rings (SSSR count). The second kappa shape index (κ2) is 6.39. The molecule has 1 atom stereocenters. The Morgan fingerprint density at radius 1 is 1.14 bits per heavy atom. The highest BCUT2D eigenvalue weighted by Gasteiger charge is 2.19. The summed E-state index contributed by atoms with van der Waals surface area (Å²) >= 11 is 0. The molecule has 0 fully saturated rings. The first kappa shape index (κ1) is 15.0. The standard InChI is InChI=1S/C17H19NO3/c1-12(17(21)18(2)10-9-16(19)20)14-8-7-13-5-3-4-6-15(13)11-14/h3-8,11-12H,9-10H2,1-2H3,(H,19,20). The minimum absolute atomic E-state index is 0.0350. The number of hydrogen-bond donors (Lipinski definition) is 1. The number of carbonyl (C=O) groups is 2. The van der Waals surface area contributed by atoms with Crippen molar-refractivity contribution in [1.82, 2.24) is 4.90 Å². The molecule has 0 bridgehead atoms. The fraction of sp³-hybridized carbons (Fsp3) is 0.294. The molecule has 4 heteroatoms. The van der Waals surface area contributed by atoms with Gasteiger partial charge in [0.1, 0.15) is 0 Å². The molecule has 0 saturated carbocycles. The lowest BCUT2D eigenvalue weighted by Crippen LogP contribution is -2.32. The number of likely N-dealkylation sites (N-methyl/N-ethyl adjacent to an activating group) is 1. The van der Waals surface area contributed by atoms with Crippen molar-refractivity contribution in [3.05, 3.63) is 48.0 Å². The van der Waals surface area contributed by atoms with E-state index in [1.165, 1.54) is 4.90 Å². The molecule has 21 heavy (non-hydrogen) atoms. The van der Waals surface area contributed by atoms with Crippen LogP contribution in [-0.4, -0.2) is 35.5 Å². The van der Waals surface area contributed by atoms with Crippen molar-refractivity contribution in [1.29, 1.82) is 0 Å². The highest BCUT2D eigenvalue weighted by Crippen LogP contribution is 2.23. The number of benzene rings is 2. The summed E-state index contributed by atoms with van der Waals surface area (Å²) in [6.07, 6.45) is -0.0350. The Bertz CT molecular complexity index is 666. The van der Waals surface area contributed by atoms with Crippen molar-refractivity contribution in [3.8, 4) is 0 Å². The van der Waals surface area contributed by atoms with Crippen LogP contribution in [0.1, 0.15) is 24.8 Å². The Hall–Kier alpha value is -2.36. The van der Waals surface area contributed by atoms with Gasteiger partial charge < -0.3 is 10.0 Å². The van der Waals surface area contributed by atoms with Gasteiger partial charge in [-0.15, -0.1) is 0 Å². The van der Waals surface area contributed by atoms with Crippen LogP contribution in [0.5, 0.6) is 0 Å². The number of fused-ring (bicyclic) bond motifs is 1. The molecule has 0 spiro atoms. The van der Waals surface area contributed by atoms with Crippen LogP contribution in [0.15, 0.2) is 42.5 Å². The van der Waals surface area contributed by atoms with Gasteiger partial charge >= 0.3 is 5.97 Å². The van der Waals surface area contributed by atoms with Crippen molar-refractivity contribution < 1.29 is 14.7 Å². The second-order valence-electron chi connectivity index (χ2n) is 5.23. The third-order valence-corrected chi connectivity index (χ3v) is 3.68. The Morgan fingerprint density at radius 2 is 1.81 bits per heavy atom. The summed E-state index contributed by atoms with van der Waals surface area (Å²) in [6.45, 7) is 2.08. The van der Waals surface area contributed by atoms with Crippen LogP contribution in [0, 0.1) is 0 Å². The summed E-state index contributed by atoms with van der Waals surface area (Å²) in [5, 5.41) is 10.9. The number of amides is 1. The van der Waals surface area contributed by atoms with Gasteiger partial charge in [-0.05, 0) is 23.3 Å². The van der Waals surface area contributed by atoms with Crippen LogP contribution in [0.25, 0.3) is 10.8 Å². The van der Waals surface area contributed by atoms with E-state index in [9.17, 15) is 9.59 Å². The van der Waals surface area contributed by atoms with Crippen molar-refractivity contribution in [2.24, 2.45) is 0 Å². The summed E-state index contributed by atoms with van der Waals surface area (Å²) < 4.78 is 0. The maximum absolute atomic E-state index is 12.3. The quantitative estimate of drug-likeness (QED) is 0.919. The van der Waals surface area contributed by atoms with Gasteiger partial charge in [-0.1, -0.05) is 42.5 Å². The van der Waals surface area contributed by atoms with Gasteiger partial charge in [-0.3, -0.25) is 9.59 Å². The monoisotopic (exact) mass is 285 g/mol. The first-order valence-corrected chi connectivity index (χ1v) is 6.94. The first-order chi connectivity index (χ1) is 9.99. The van der Waals surface area contributed by atoms with Gasteiger partial charge in [0, 0.05) is 13.6 Å². The van der Waals surface area contributed by atoms with E-state index in [1.54, 1.807) is 7.05 Å². The molecule has 4 nitrogen and oxygen atoms in total. The molecule has 2 aromatic rings. The summed E-state index contributed by atoms with van der Waals surface area (Å²) in [5.41, 5.74) is 0.945. The molecule has 0 aliphatic rings. The molecule has 1 unspecified atom stereocenters. The molecular weight excluding hydrogens is 266 g/mol. The predicted octanol–water partition coefficient (Wildman–Crippen LogP) is 2.88. The van der Waals surface area contributed by atoms with E-state index in [1.807, 2.05) is 49.4 Å². The molecule has 0 aliphatic carbocycles. The van der Waals surface area contributed by atoms with E-state index in [2.05, 4.69) is 0 Å². The Morgan fingerprint density at radius 3 is 2.48 bits per heavy atom. The first-order valence-electron chi connectivity index (χ1n) is 6.94. The molecule has 2 aromatic carbocycles. The SMILES string of the molecule is CC(C(=O)N(C)CCC(=O)O)c1ccc2ccccc2c1. The molecule has 0 saturated heterocycles. The van der Waals surface area contributed by atoms with E-state index in [-0.39, 0.29) is 24.8 Å². The van der Waals surface area contributed by atoms with E-state index in [0.29, 0.717) is 0 Å². The van der Waals surface area contributed by atoms with E-state index < -0.39 is 5.97 Å². The van der Waals surface area contributed by atoms with Crippen molar-refractivity contribution in [3.63, 3.8) is 0 Å². The zero-order chi connectivity index (χ0) is 15.4. The van der Waals surface area contributed by atoms with Crippen LogP contribution >= 0.6 is 0 Å². The molecule has 1 amide bonds. The summed E-state index contributed by atoms with van der Waals surface area (Å²) in [6, 6.07) is 14.0.